The highest BCUT2D eigenvalue weighted by Crippen LogP contribution is 2.29. The van der Waals surface area contributed by atoms with Gasteiger partial charge in [-0.15, -0.1) is 0 Å². The third kappa shape index (κ3) is 4.96. The van der Waals surface area contributed by atoms with Crippen molar-refractivity contribution in [2.75, 3.05) is 39.4 Å². The van der Waals surface area contributed by atoms with Gasteiger partial charge in [0.15, 0.2) is 12.4 Å². The Kier molecular flexibility index (Phi) is 6.40. The van der Waals surface area contributed by atoms with Crippen molar-refractivity contribution in [3.63, 3.8) is 0 Å². The maximum Gasteiger partial charge on any atom is 0.409 e. The molecule has 1 aliphatic heterocycles. The van der Waals surface area contributed by atoms with E-state index in [0.717, 1.165) is 0 Å². The van der Waals surface area contributed by atoms with E-state index < -0.39 is 11.0 Å². The third-order valence-corrected chi connectivity index (χ3v) is 3.86. The minimum absolute atomic E-state index is 0.0205. The Morgan fingerprint density at radius 3 is 2.48 bits per heavy atom. The molecule has 0 spiro atoms. The molecule has 0 aliphatic carbocycles. The standard InChI is InChI=1S/C15H18ClN3O6/c1-2-24-15(21)18-7-5-17(6-8-18)14(20)10-25-13-4-3-11(16)9-12(13)19(22)23/h3-4,9H,2,5-8,10H2,1H3. The lowest BCUT2D eigenvalue weighted by Crippen LogP contribution is -2.51. The van der Waals surface area contributed by atoms with Gasteiger partial charge < -0.3 is 19.3 Å². The molecule has 0 aromatic heterocycles. The summed E-state index contributed by atoms with van der Waals surface area (Å²) in [6.07, 6.45) is -0.400. The molecule has 0 saturated carbocycles. The molecule has 0 N–H and O–H groups in total. The molecule has 2 rings (SSSR count). The predicted octanol–water partition coefficient (Wildman–Crippen LogP) is 1.93. The van der Waals surface area contributed by atoms with E-state index in [1.807, 2.05) is 0 Å². The Hall–Kier alpha value is -2.55. The minimum atomic E-state index is -0.621. The normalized spacial score (nSPS) is 14.2. The summed E-state index contributed by atoms with van der Waals surface area (Å²) >= 11 is 5.73. The van der Waals surface area contributed by atoms with E-state index >= 15 is 0 Å². The summed E-state index contributed by atoms with van der Waals surface area (Å²) in [5.41, 5.74) is -0.299. The van der Waals surface area contributed by atoms with Crippen LogP contribution in [0.15, 0.2) is 18.2 Å². The van der Waals surface area contributed by atoms with Gasteiger partial charge in [0, 0.05) is 37.3 Å². The average molecular weight is 372 g/mol. The summed E-state index contributed by atoms with van der Waals surface area (Å²) in [4.78, 5) is 37.2. The van der Waals surface area contributed by atoms with Crippen LogP contribution in [0, 0.1) is 10.1 Å². The molecule has 25 heavy (non-hydrogen) atoms. The number of carbonyl (C=O) groups excluding carboxylic acids is 2. The Bertz CT molecular complexity index is 661. The number of amides is 2. The zero-order chi connectivity index (χ0) is 18.4. The number of halogens is 1. The number of hydrogen-bond donors (Lipinski definition) is 0. The largest absolute Gasteiger partial charge is 0.477 e. The summed E-state index contributed by atoms with van der Waals surface area (Å²) in [5.74, 6) is -0.333. The second-order valence-corrected chi connectivity index (χ2v) is 5.66. The highest BCUT2D eigenvalue weighted by molar-refractivity contribution is 6.30. The van der Waals surface area contributed by atoms with E-state index in [9.17, 15) is 19.7 Å². The van der Waals surface area contributed by atoms with Crippen LogP contribution in [0.4, 0.5) is 10.5 Å². The number of nitrogens with zero attached hydrogens (tertiary/aromatic N) is 3. The van der Waals surface area contributed by atoms with Crippen LogP contribution in [-0.2, 0) is 9.53 Å². The van der Waals surface area contributed by atoms with E-state index in [1.54, 1.807) is 6.92 Å². The third-order valence-electron chi connectivity index (χ3n) is 3.63. The Morgan fingerprint density at radius 1 is 1.24 bits per heavy atom. The number of ether oxygens (including phenoxy) is 2. The number of hydrogen-bond acceptors (Lipinski definition) is 6. The number of rotatable bonds is 5. The maximum atomic E-state index is 12.2. The summed E-state index contributed by atoms with van der Waals surface area (Å²) < 4.78 is 10.2. The predicted molar refractivity (Wildman–Crippen MR) is 88.8 cm³/mol. The van der Waals surface area contributed by atoms with E-state index in [2.05, 4.69) is 0 Å². The van der Waals surface area contributed by atoms with E-state index in [4.69, 9.17) is 21.1 Å². The van der Waals surface area contributed by atoms with Crippen LogP contribution in [0.25, 0.3) is 0 Å². The first-order valence-electron chi connectivity index (χ1n) is 7.68. The molecule has 1 saturated heterocycles. The molecule has 0 bridgehead atoms. The lowest BCUT2D eigenvalue weighted by atomic mass is 10.3. The molecule has 1 heterocycles. The lowest BCUT2D eigenvalue weighted by molar-refractivity contribution is -0.385. The van der Waals surface area contributed by atoms with Crippen LogP contribution in [0.2, 0.25) is 5.02 Å². The molecular formula is C15H18ClN3O6. The molecule has 1 aliphatic rings. The quantitative estimate of drug-likeness (QED) is 0.578. The van der Waals surface area contributed by atoms with Gasteiger partial charge in [0.25, 0.3) is 5.91 Å². The van der Waals surface area contributed by atoms with Crippen LogP contribution < -0.4 is 4.74 Å². The van der Waals surface area contributed by atoms with Gasteiger partial charge in [-0.1, -0.05) is 11.6 Å². The molecule has 0 radical (unpaired) electrons. The minimum Gasteiger partial charge on any atom is -0.477 e. The number of nitro groups is 1. The molecule has 136 valence electrons. The van der Waals surface area contributed by atoms with Crippen LogP contribution >= 0.6 is 11.6 Å². The van der Waals surface area contributed by atoms with Crippen molar-refractivity contribution in [1.82, 2.24) is 9.80 Å². The van der Waals surface area contributed by atoms with E-state index in [0.29, 0.717) is 32.8 Å². The fraction of sp³-hybridized carbons (Fsp3) is 0.467. The fourth-order valence-electron chi connectivity index (χ4n) is 2.34. The van der Waals surface area contributed by atoms with Crippen molar-refractivity contribution < 1.29 is 24.0 Å². The monoisotopic (exact) mass is 371 g/mol. The molecule has 0 unspecified atom stereocenters. The van der Waals surface area contributed by atoms with Crippen molar-refractivity contribution in [3.05, 3.63) is 33.3 Å². The first-order chi connectivity index (χ1) is 11.9. The lowest BCUT2D eigenvalue weighted by Gasteiger charge is -2.33. The van der Waals surface area contributed by atoms with E-state index in [1.165, 1.54) is 28.0 Å². The van der Waals surface area contributed by atoms with Crippen LogP contribution in [0.1, 0.15) is 6.92 Å². The molecule has 1 aromatic carbocycles. The van der Waals surface area contributed by atoms with Crippen molar-refractivity contribution in [1.29, 1.82) is 0 Å². The smallest absolute Gasteiger partial charge is 0.409 e. The molecule has 9 nitrogen and oxygen atoms in total. The molecule has 1 fully saturated rings. The summed E-state index contributed by atoms with van der Waals surface area (Å²) in [7, 11) is 0. The van der Waals surface area contributed by atoms with E-state index in [-0.39, 0.29) is 29.0 Å². The van der Waals surface area contributed by atoms with Gasteiger partial charge in [0.1, 0.15) is 0 Å². The zero-order valence-corrected chi connectivity index (χ0v) is 14.4. The van der Waals surface area contributed by atoms with Gasteiger partial charge in [0.05, 0.1) is 11.5 Å². The van der Waals surface area contributed by atoms with Crippen LogP contribution in [-0.4, -0.2) is 66.1 Å². The number of piperazine rings is 1. The zero-order valence-electron chi connectivity index (χ0n) is 13.6. The second kappa shape index (κ2) is 8.52. The summed E-state index contributed by atoms with van der Waals surface area (Å²) in [6, 6.07) is 3.97. The van der Waals surface area contributed by atoms with Gasteiger partial charge in [-0.05, 0) is 19.1 Å². The number of nitro benzene ring substituents is 1. The number of benzene rings is 1. The summed E-state index contributed by atoms with van der Waals surface area (Å²) in [5, 5.41) is 11.2. The molecule has 1 aromatic rings. The van der Waals surface area contributed by atoms with Gasteiger partial charge in [-0.3, -0.25) is 14.9 Å². The topological polar surface area (TPSA) is 102 Å². The highest BCUT2D eigenvalue weighted by atomic mass is 35.5. The first-order valence-corrected chi connectivity index (χ1v) is 8.06. The average Bonchev–Trinajstić information content (AvgIpc) is 2.60. The fourth-order valence-corrected chi connectivity index (χ4v) is 2.51. The van der Waals surface area contributed by atoms with Gasteiger partial charge in [0.2, 0.25) is 0 Å². The second-order valence-electron chi connectivity index (χ2n) is 5.22. The highest BCUT2D eigenvalue weighted by Gasteiger charge is 2.25. The Balaban J connectivity index is 1.88. The summed E-state index contributed by atoms with van der Waals surface area (Å²) in [6.45, 7) is 3.13. The van der Waals surface area contributed by atoms with Crippen molar-refractivity contribution in [3.8, 4) is 5.75 Å². The van der Waals surface area contributed by atoms with Crippen molar-refractivity contribution in [2.24, 2.45) is 0 Å². The van der Waals surface area contributed by atoms with Gasteiger partial charge in [-0.25, -0.2) is 4.79 Å². The maximum absolute atomic E-state index is 12.2. The van der Waals surface area contributed by atoms with Crippen LogP contribution in [0.3, 0.4) is 0 Å². The Labute approximate surface area is 149 Å². The van der Waals surface area contributed by atoms with Crippen molar-refractivity contribution >= 4 is 29.3 Å². The molecular weight excluding hydrogens is 354 g/mol. The molecule has 0 atom stereocenters. The van der Waals surface area contributed by atoms with Gasteiger partial charge >= 0.3 is 11.8 Å². The Morgan fingerprint density at radius 2 is 1.88 bits per heavy atom. The first kappa shape index (κ1) is 18.8. The van der Waals surface area contributed by atoms with Crippen LogP contribution in [0.5, 0.6) is 5.75 Å². The van der Waals surface area contributed by atoms with Gasteiger partial charge in [-0.2, -0.15) is 0 Å². The molecule has 10 heteroatoms. The SMILES string of the molecule is CCOC(=O)N1CCN(C(=O)COc2ccc(Cl)cc2[N+](=O)[O-])CC1. The number of carbonyl (C=O) groups is 2. The molecule has 2 amide bonds. The van der Waals surface area contributed by atoms with Crippen molar-refractivity contribution in [2.45, 2.75) is 6.92 Å².